The minimum Gasteiger partial charge on any atom is -0.344 e. The Morgan fingerprint density at radius 3 is 2.53 bits per heavy atom. The zero-order chi connectivity index (χ0) is 11.3. The van der Waals surface area contributed by atoms with Crippen molar-refractivity contribution < 1.29 is 4.79 Å². The molecule has 0 N–H and O–H groups in total. The van der Waals surface area contributed by atoms with Crippen molar-refractivity contribution >= 4 is 33.4 Å². The molecule has 0 bridgehead atoms. The van der Waals surface area contributed by atoms with E-state index in [2.05, 4.69) is 15.9 Å². The number of carbonyl (C=O) groups is 1. The van der Waals surface area contributed by atoms with Gasteiger partial charge in [0.15, 0.2) is 0 Å². The van der Waals surface area contributed by atoms with Gasteiger partial charge in [0.05, 0.1) is 6.42 Å². The van der Waals surface area contributed by atoms with E-state index in [0.717, 1.165) is 10.0 Å². The molecular formula is C11H13BrClNO. The number of halogens is 2. The van der Waals surface area contributed by atoms with E-state index >= 15 is 0 Å². The van der Waals surface area contributed by atoms with Crippen LogP contribution in [0.15, 0.2) is 28.7 Å². The zero-order valence-corrected chi connectivity index (χ0v) is 10.9. The van der Waals surface area contributed by atoms with E-state index < -0.39 is 0 Å². The number of alkyl halides is 1. The quantitative estimate of drug-likeness (QED) is 0.781. The fraction of sp³-hybridized carbons (Fsp3) is 0.364. The van der Waals surface area contributed by atoms with E-state index in [4.69, 9.17) is 11.6 Å². The Hall–Kier alpha value is -0.540. The van der Waals surface area contributed by atoms with Crippen molar-refractivity contribution in [1.82, 2.24) is 4.90 Å². The molecule has 0 unspecified atom stereocenters. The molecule has 1 aromatic rings. The Labute approximate surface area is 103 Å². The predicted octanol–water partition coefficient (Wildman–Crippen LogP) is 2.69. The minimum absolute atomic E-state index is 0.0953. The largest absolute Gasteiger partial charge is 0.344 e. The van der Waals surface area contributed by atoms with Gasteiger partial charge in [-0.15, -0.1) is 11.6 Å². The van der Waals surface area contributed by atoms with Crippen molar-refractivity contribution in [2.75, 3.05) is 19.5 Å². The average Bonchev–Trinajstić information content (AvgIpc) is 2.22. The lowest BCUT2D eigenvalue weighted by atomic mass is 10.1. The molecule has 2 nitrogen and oxygen atoms in total. The van der Waals surface area contributed by atoms with Gasteiger partial charge in [-0.05, 0) is 17.7 Å². The average molecular weight is 291 g/mol. The van der Waals surface area contributed by atoms with Crippen molar-refractivity contribution in [2.45, 2.75) is 6.42 Å². The predicted molar refractivity (Wildman–Crippen MR) is 66.2 cm³/mol. The molecular weight excluding hydrogens is 277 g/mol. The molecule has 4 heteroatoms. The highest BCUT2D eigenvalue weighted by atomic mass is 79.9. The van der Waals surface area contributed by atoms with Crippen LogP contribution in [0.3, 0.4) is 0 Å². The van der Waals surface area contributed by atoms with Crippen LogP contribution >= 0.6 is 27.5 Å². The van der Waals surface area contributed by atoms with Crippen LogP contribution in [0, 0.1) is 0 Å². The summed E-state index contributed by atoms with van der Waals surface area (Å²) in [4.78, 5) is 13.3. The van der Waals surface area contributed by atoms with Gasteiger partial charge in [0.1, 0.15) is 0 Å². The van der Waals surface area contributed by atoms with Crippen LogP contribution in [0.5, 0.6) is 0 Å². The molecule has 0 aliphatic heterocycles. The molecule has 15 heavy (non-hydrogen) atoms. The van der Waals surface area contributed by atoms with Crippen molar-refractivity contribution in [1.29, 1.82) is 0 Å². The van der Waals surface area contributed by atoms with E-state index in [1.807, 2.05) is 24.3 Å². The Balaban J connectivity index is 2.54. The molecule has 0 fully saturated rings. The first-order valence-corrected chi connectivity index (χ1v) is 6.00. The van der Waals surface area contributed by atoms with Crippen molar-refractivity contribution in [3.8, 4) is 0 Å². The van der Waals surface area contributed by atoms with Crippen LogP contribution in [0.25, 0.3) is 0 Å². The number of rotatable bonds is 4. The van der Waals surface area contributed by atoms with E-state index in [0.29, 0.717) is 18.8 Å². The number of hydrogen-bond donors (Lipinski definition) is 0. The molecule has 0 aromatic heterocycles. The Kier molecular flexibility index (Phi) is 5.12. The summed E-state index contributed by atoms with van der Waals surface area (Å²) in [5.74, 6) is 0.570. The molecule has 82 valence electrons. The zero-order valence-electron chi connectivity index (χ0n) is 8.54. The third-order valence-corrected chi connectivity index (χ3v) is 2.81. The second-order valence-electron chi connectivity index (χ2n) is 3.31. The summed E-state index contributed by atoms with van der Waals surface area (Å²) in [6, 6.07) is 7.75. The molecule has 0 aliphatic rings. The molecule has 0 spiro atoms. The van der Waals surface area contributed by atoms with Crippen molar-refractivity contribution in [3.05, 3.63) is 34.3 Å². The molecule has 0 aliphatic carbocycles. The van der Waals surface area contributed by atoms with E-state index in [9.17, 15) is 4.79 Å². The second-order valence-corrected chi connectivity index (χ2v) is 4.60. The second kappa shape index (κ2) is 6.13. The number of amides is 1. The third-order valence-electron chi connectivity index (χ3n) is 2.11. The number of carbonyl (C=O) groups excluding carboxylic acids is 1. The maximum Gasteiger partial charge on any atom is 0.226 e. The summed E-state index contributed by atoms with van der Waals surface area (Å²) < 4.78 is 1.02. The maximum absolute atomic E-state index is 11.6. The Morgan fingerprint density at radius 2 is 2.00 bits per heavy atom. The lowest BCUT2D eigenvalue weighted by Gasteiger charge is -2.15. The SMILES string of the molecule is CN(CCCl)C(=O)Cc1ccc(Br)cc1. The van der Waals surface area contributed by atoms with Crippen molar-refractivity contribution in [3.63, 3.8) is 0 Å². The number of likely N-dealkylation sites (N-methyl/N-ethyl adjacent to an activating group) is 1. The molecule has 0 heterocycles. The van der Waals surface area contributed by atoms with Crippen LogP contribution in [-0.4, -0.2) is 30.3 Å². The van der Waals surface area contributed by atoms with E-state index in [1.165, 1.54) is 0 Å². The summed E-state index contributed by atoms with van der Waals surface area (Å²) in [6.07, 6.45) is 0.431. The summed E-state index contributed by atoms with van der Waals surface area (Å²) >= 11 is 8.92. The Bertz CT molecular complexity index is 326. The maximum atomic E-state index is 11.6. The lowest BCUT2D eigenvalue weighted by Crippen LogP contribution is -2.29. The van der Waals surface area contributed by atoms with Crippen LogP contribution in [-0.2, 0) is 11.2 Å². The molecule has 1 aromatic carbocycles. The summed E-state index contributed by atoms with van der Waals surface area (Å²) in [6.45, 7) is 0.594. The Morgan fingerprint density at radius 1 is 1.40 bits per heavy atom. The van der Waals surface area contributed by atoms with Gasteiger partial charge in [-0.3, -0.25) is 4.79 Å². The van der Waals surface area contributed by atoms with Gasteiger partial charge in [-0.1, -0.05) is 28.1 Å². The standard InChI is InChI=1S/C11H13BrClNO/c1-14(7-6-13)11(15)8-9-2-4-10(12)5-3-9/h2-5H,6-8H2,1H3. The smallest absolute Gasteiger partial charge is 0.226 e. The van der Waals surface area contributed by atoms with Gasteiger partial charge < -0.3 is 4.90 Å². The van der Waals surface area contributed by atoms with Crippen LogP contribution in [0.2, 0.25) is 0 Å². The molecule has 1 rings (SSSR count). The fourth-order valence-corrected chi connectivity index (χ4v) is 1.68. The highest BCUT2D eigenvalue weighted by Crippen LogP contribution is 2.11. The summed E-state index contributed by atoms with van der Waals surface area (Å²) in [7, 11) is 1.77. The van der Waals surface area contributed by atoms with Gasteiger partial charge >= 0.3 is 0 Å². The van der Waals surface area contributed by atoms with E-state index in [1.54, 1.807) is 11.9 Å². The first-order chi connectivity index (χ1) is 7.13. The van der Waals surface area contributed by atoms with Gasteiger partial charge in [0.2, 0.25) is 5.91 Å². The first kappa shape index (κ1) is 12.5. The minimum atomic E-state index is 0.0953. The highest BCUT2D eigenvalue weighted by molar-refractivity contribution is 9.10. The third kappa shape index (κ3) is 4.22. The van der Waals surface area contributed by atoms with Crippen molar-refractivity contribution in [2.24, 2.45) is 0 Å². The lowest BCUT2D eigenvalue weighted by molar-refractivity contribution is -0.128. The molecule has 0 radical (unpaired) electrons. The van der Waals surface area contributed by atoms with Gasteiger partial charge in [0.25, 0.3) is 0 Å². The van der Waals surface area contributed by atoms with Crippen LogP contribution in [0.1, 0.15) is 5.56 Å². The number of nitrogens with zero attached hydrogens (tertiary/aromatic N) is 1. The summed E-state index contributed by atoms with van der Waals surface area (Å²) in [5.41, 5.74) is 1.02. The van der Waals surface area contributed by atoms with E-state index in [-0.39, 0.29) is 5.91 Å². The molecule has 0 saturated carbocycles. The molecule has 0 saturated heterocycles. The normalized spacial score (nSPS) is 10.1. The topological polar surface area (TPSA) is 20.3 Å². The molecule has 0 atom stereocenters. The fourth-order valence-electron chi connectivity index (χ4n) is 1.16. The highest BCUT2D eigenvalue weighted by Gasteiger charge is 2.08. The monoisotopic (exact) mass is 289 g/mol. The van der Waals surface area contributed by atoms with Gasteiger partial charge in [0, 0.05) is 23.9 Å². The van der Waals surface area contributed by atoms with Crippen LogP contribution < -0.4 is 0 Å². The first-order valence-electron chi connectivity index (χ1n) is 4.68. The van der Waals surface area contributed by atoms with Gasteiger partial charge in [-0.25, -0.2) is 0 Å². The van der Waals surface area contributed by atoms with Gasteiger partial charge in [-0.2, -0.15) is 0 Å². The summed E-state index contributed by atoms with van der Waals surface area (Å²) in [5, 5.41) is 0. The molecule has 1 amide bonds. The number of benzene rings is 1. The van der Waals surface area contributed by atoms with Crippen LogP contribution in [0.4, 0.5) is 0 Å². The number of hydrogen-bond acceptors (Lipinski definition) is 1.